The molecule has 0 unspecified atom stereocenters. The van der Waals surface area contributed by atoms with Gasteiger partial charge in [0.05, 0.1) is 11.3 Å². The van der Waals surface area contributed by atoms with Crippen LogP contribution in [-0.2, 0) is 16.3 Å². The lowest BCUT2D eigenvalue weighted by atomic mass is 10.1. The lowest BCUT2D eigenvalue weighted by Gasteiger charge is -2.17. The minimum atomic E-state index is -2.94. The summed E-state index contributed by atoms with van der Waals surface area (Å²) in [6.45, 7) is 2.86. The van der Waals surface area contributed by atoms with Crippen LogP contribution in [0.1, 0.15) is 31.9 Å². The van der Waals surface area contributed by atoms with E-state index in [1.165, 1.54) is 6.26 Å². The van der Waals surface area contributed by atoms with Gasteiger partial charge in [-0.1, -0.05) is 31.5 Å². The van der Waals surface area contributed by atoms with Gasteiger partial charge in [-0.2, -0.15) is 0 Å². The van der Waals surface area contributed by atoms with E-state index < -0.39 is 9.84 Å². The van der Waals surface area contributed by atoms with Crippen molar-refractivity contribution >= 4 is 26.4 Å². The predicted molar refractivity (Wildman–Crippen MR) is 95.6 cm³/mol. The van der Waals surface area contributed by atoms with Crippen LogP contribution in [0.25, 0.3) is 10.9 Å². The third-order valence-corrected chi connectivity index (χ3v) is 5.59. The third kappa shape index (κ3) is 4.02. The number of fused-ring (bicyclic) bond motifs is 1. The van der Waals surface area contributed by atoms with Crippen molar-refractivity contribution in [3.8, 4) is 0 Å². The van der Waals surface area contributed by atoms with Crippen LogP contribution in [0.5, 0.6) is 0 Å². The topological polar surface area (TPSA) is 59.1 Å². The van der Waals surface area contributed by atoms with Gasteiger partial charge in [0.1, 0.15) is 9.84 Å². The number of nitrogens with one attached hydrogen (secondary N) is 1. The Morgan fingerprint density at radius 1 is 1.26 bits per heavy atom. The summed E-state index contributed by atoms with van der Waals surface area (Å²) < 4.78 is 23.2. The van der Waals surface area contributed by atoms with E-state index in [2.05, 4.69) is 24.4 Å². The molecule has 3 rings (SSSR count). The van der Waals surface area contributed by atoms with E-state index in [1.54, 1.807) is 0 Å². The SMILES string of the molecule is CCCc1cc(NCC2(CS(C)(=O)=O)CC2)c2ccccc2n1. The minimum absolute atomic E-state index is 0.0805. The maximum atomic E-state index is 11.6. The number of benzene rings is 1. The molecule has 1 aliphatic rings. The van der Waals surface area contributed by atoms with Crippen LogP contribution < -0.4 is 5.32 Å². The molecule has 0 spiro atoms. The first-order valence-electron chi connectivity index (χ1n) is 8.21. The molecule has 1 aromatic carbocycles. The Hall–Kier alpha value is -1.62. The summed E-state index contributed by atoms with van der Waals surface area (Å²) >= 11 is 0. The monoisotopic (exact) mass is 332 g/mol. The average molecular weight is 332 g/mol. The van der Waals surface area contributed by atoms with E-state index in [9.17, 15) is 8.42 Å². The van der Waals surface area contributed by atoms with Gasteiger partial charge >= 0.3 is 0 Å². The Morgan fingerprint density at radius 2 is 2.00 bits per heavy atom. The second kappa shape index (κ2) is 6.11. The number of rotatable bonds is 7. The Balaban J connectivity index is 1.84. The fourth-order valence-electron chi connectivity index (χ4n) is 3.15. The number of para-hydroxylation sites is 1. The van der Waals surface area contributed by atoms with E-state index in [0.717, 1.165) is 48.0 Å². The number of anilines is 1. The summed E-state index contributed by atoms with van der Waals surface area (Å²) in [5.41, 5.74) is 3.07. The lowest BCUT2D eigenvalue weighted by molar-refractivity contribution is 0.561. The lowest BCUT2D eigenvalue weighted by Crippen LogP contribution is -2.24. The van der Waals surface area contributed by atoms with E-state index in [0.29, 0.717) is 6.54 Å². The van der Waals surface area contributed by atoms with Crippen molar-refractivity contribution in [3.05, 3.63) is 36.0 Å². The van der Waals surface area contributed by atoms with Crippen molar-refractivity contribution in [3.63, 3.8) is 0 Å². The van der Waals surface area contributed by atoms with Crippen LogP contribution >= 0.6 is 0 Å². The normalized spacial score (nSPS) is 16.4. The highest BCUT2D eigenvalue weighted by Crippen LogP contribution is 2.46. The zero-order chi connectivity index (χ0) is 16.5. The first kappa shape index (κ1) is 16.2. The van der Waals surface area contributed by atoms with Crippen LogP contribution in [0, 0.1) is 5.41 Å². The molecule has 0 bridgehead atoms. The molecule has 1 saturated carbocycles. The smallest absolute Gasteiger partial charge is 0.148 e. The van der Waals surface area contributed by atoms with Gasteiger partial charge in [0.15, 0.2) is 0 Å². The average Bonchev–Trinajstić information content (AvgIpc) is 3.23. The number of nitrogens with zero attached hydrogens (tertiary/aromatic N) is 1. The van der Waals surface area contributed by atoms with Gasteiger partial charge in [-0.3, -0.25) is 4.98 Å². The van der Waals surface area contributed by atoms with Crippen molar-refractivity contribution in [1.29, 1.82) is 0 Å². The molecule has 2 aromatic rings. The number of aromatic nitrogens is 1. The first-order valence-corrected chi connectivity index (χ1v) is 10.3. The molecule has 0 atom stereocenters. The molecule has 1 aromatic heterocycles. The van der Waals surface area contributed by atoms with Crippen LogP contribution in [0.3, 0.4) is 0 Å². The summed E-state index contributed by atoms with van der Waals surface area (Å²) in [6.07, 6.45) is 5.31. The number of hydrogen-bond donors (Lipinski definition) is 1. The third-order valence-electron chi connectivity index (χ3n) is 4.45. The molecular formula is C18H24N2O2S. The van der Waals surface area contributed by atoms with Crippen molar-refractivity contribution in [2.24, 2.45) is 5.41 Å². The van der Waals surface area contributed by atoms with Gasteiger partial charge in [0.2, 0.25) is 0 Å². The van der Waals surface area contributed by atoms with Gasteiger partial charge in [0, 0.05) is 35.0 Å². The molecular weight excluding hydrogens is 308 g/mol. The molecule has 1 heterocycles. The molecule has 1 N–H and O–H groups in total. The van der Waals surface area contributed by atoms with Gasteiger partial charge in [-0.15, -0.1) is 0 Å². The molecule has 1 aliphatic carbocycles. The van der Waals surface area contributed by atoms with Crippen molar-refractivity contribution in [1.82, 2.24) is 4.98 Å². The molecule has 23 heavy (non-hydrogen) atoms. The molecule has 0 radical (unpaired) electrons. The number of pyridine rings is 1. The summed E-state index contributed by atoms with van der Waals surface area (Å²) in [5, 5.41) is 4.61. The van der Waals surface area contributed by atoms with Gasteiger partial charge in [-0.05, 0) is 31.4 Å². The van der Waals surface area contributed by atoms with E-state index >= 15 is 0 Å². The van der Waals surface area contributed by atoms with Gasteiger partial charge in [-0.25, -0.2) is 8.42 Å². The number of hydrogen-bond acceptors (Lipinski definition) is 4. The first-order chi connectivity index (χ1) is 10.9. The Bertz CT molecular complexity index is 811. The summed E-state index contributed by atoms with van der Waals surface area (Å²) in [6, 6.07) is 10.2. The molecule has 4 nitrogen and oxygen atoms in total. The predicted octanol–water partition coefficient (Wildman–Crippen LogP) is 3.42. The summed E-state index contributed by atoms with van der Waals surface area (Å²) in [7, 11) is -2.94. The van der Waals surface area contributed by atoms with E-state index in [-0.39, 0.29) is 11.2 Å². The van der Waals surface area contributed by atoms with Crippen molar-refractivity contribution in [2.45, 2.75) is 32.6 Å². The fourth-order valence-corrected chi connectivity index (χ4v) is 4.65. The summed E-state index contributed by atoms with van der Waals surface area (Å²) in [4.78, 5) is 4.71. The molecule has 1 fully saturated rings. The van der Waals surface area contributed by atoms with Crippen molar-refractivity contribution in [2.75, 3.05) is 23.9 Å². The van der Waals surface area contributed by atoms with Crippen LogP contribution in [0.2, 0.25) is 0 Å². The zero-order valence-electron chi connectivity index (χ0n) is 13.8. The van der Waals surface area contributed by atoms with Crippen LogP contribution in [-0.4, -0.2) is 32.0 Å². The highest BCUT2D eigenvalue weighted by atomic mass is 32.2. The molecule has 0 amide bonds. The second-order valence-corrected chi connectivity index (χ2v) is 8.99. The number of sulfone groups is 1. The van der Waals surface area contributed by atoms with E-state index in [4.69, 9.17) is 4.98 Å². The minimum Gasteiger partial charge on any atom is -0.384 e. The highest BCUT2D eigenvalue weighted by molar-refractivity contribution is 7.90. The Morgan fingerprint density at radius 3 is 2.65 bits per heavy atom. The van der Waals surface area contributed by atoms with Crippen LogP contribution in [0.4, 0.5) is 5.69 Å². The van der Waals surface area contributed by atoms with E-state index in [1.807, 2.05) is 18.2 Å². The fraction of sp³-hybridized carbons (Fsp3) is 0.500. The Labute approximate surface area is 138 Å². The van der Waals surface area contributed by atoms with Crippen molar-refractivity contribution < 1.29 is 8.42 Å². The zero-order valence-corrected chi connectivity index (χ0v) is 14.6. The number of aryl methyl sites for hydroxylation is 1. The molecule has 0 aliphatic heterocycles. The summed E-state index contributed by atoms with van der Waals surface area (Å²) in [5.74, 6) is 0.276. The molecule has 0 saturated heterocycles. The molecule has 5 heteroatoms. The maximum absolute atomic E-state index is 11.6. The second-order valence-electron chi connectivity index (χ2n) is 6.85. The van der Waals surface area contributed by atoms with Crippen LogP contribution in [0.15, 0.2) is 30.3 Å². The standard InChI is InChI=1S/C18H24N2O2S/c1-3-6-14-11-17(15-7-4-5-8-16(15)20-14)19-12-18(9-10-18)13-23(2,21)22/h4-5,7-8,11H,3,6,9-10,12-13H2,1-2H3,(H,19,20). The Kier molecular flexibility index (Phi) is 4.32. The quantitative estimate of drug-likeness (QED) is 0.844. The van der Waals surface area contributed by atoms with Gasteiger partial charge in [0.25, 0.3) is 0 Å². The highest BCUT2D eigenvalue weighted by Gasteiger charge is 2.45. The molecule has 124 valence electrons. The maximum Gasteiger partial charge on any atom is 0.148 e. The van der Waals surface area contributed by atoms with Gasteiger partial charge < -0.3 is 5.32 Å². The largest absolute Gasteiger partial charge is 0.384 e.